The summed E-state index contributed by atoms with van der Waals surface area (Å²) in [6.07, 6.45) is 5.90. The smallest absolute Gasteiger partial charge is 0.261 e. The number of benzene rings is 3. The molecule has 1 aliphatic rings. The topological polar surface area (TPSA) is 58.6 Å². The summed E-state index contributed by atoms with van der Waals surface area (Å²) >= 11 is 0. The van der Waals surface area contributed by atoms with E-state index >= 15 is 0 Å². The molecule has 0 bridgehead atoms. The fourth-order valence-electron chi connectivity index (χ4n) is 5.25. The summed E-state index contributed by atoms with van der Waals surface area (Å²) in [6, 6.07) is 23.4. The van der Waals surface area contributed by atoms with Crippen LogP contribution in [0.1, 0.15) is 59.9 Å². The Hall–Kier alpha value is -3.60. The highest BCUT2D eigenvalue weighted by Gasteiger charge is 2.32. The molecule has 1 atom stereocenters. The van der Waals surface area contributed by atoms with Crippen LogP contribution in [0.25, 0.3) is 0 Å². The fourth-order valence-corrected chi connectivity index (χ4v) is 5.25. The monoisotopic (exact) mass is 512 g/mol. The highest BCUT2D eigenvalue weighted by atomic mass is 16.5. The van der Waals surface area contributed by atoms with Gasteiger partial charge in [-0.15, -0.1) is 0 Å². The fraction of sp³-hybridized carbons (Fsp3) is 0.394. The van der Waals surface area contributed by atoms with Gasteiger partial charge in [0.15, 0.2) is 6.61 Å². The molecular weight excluding hydrogens is 472 g/mol. The molecule has 4 rings (SSSR count). The quantitative estimate of drug-likeness (QED) is 0.358. The van der Waals surface area contributed by atoms with Gasteiger partial charge in [0.2, 0.25) is 5.91 Å². The summed E-state index contributed by atoms with van der Waals surface area (Å²) in [7, 11) is 0. The Morgan fingerprint density at radius 2 is 1.53 bits per heavy atom. The van der Waals surface area contributed by atoms with Gasteiger partial charge < -0.3 is 15.0 Å². The molecule has 38 heavy (non-hydrogen) atoms. The van der Waals surface area contributed by atoms with E-state index in [0.29, 0.717) is 18.7 Å². The zero-order valence-electron chi connectivity index (χ0n) is 22.9. The lowest BCUT2D eigenvalue weighted by Crippen LogP contribution is -2.53. The number of aryl methyl sites for hydroxylation is 2. The van der Waals surface area contributed by atoms with Crippen molar-refractivity contribution in [2.75, 3.05) is 6.61 Å². The van der Waals surface area contributed by atoms with Gasteiger partial charge in [-0.05, 0) is 67.5 Å². The Labute approximate surface area is 227 Å². The van der Waals surface area contributed by atoms with Crippen LogP contribution in [-0.4, -0.2) is 35.4 Å². The molecule has 1 saturated carbocycles. The zero-order valence-corrected chi connectivity index (χ0v) is 22.9. The number of amides is 2. The second kappa shape index (κ2) is 13.3. The molecule has 1 N–H and O–H groups in total. The normalized spacial score (nSPS) is 14.5. The molecule has 200 valence electrons. The van der Waals surface area contributed by atoms with Crippen molar-refractivity contribution in [3.05, 3.63) is 101 Å². The van der Waals surface area contributed by atoms with Gasteiger partial charge in [0.05, 0.1) is 0 Å². The van der Waals surface area contributed by atoms with Crippen LogP contribution in [0.5, 0.6) is 5.75 Å². The van der Waals surface area contributed by atoms with Crippen molar-refractivity contribution in [2.45, 2.75) is 77.9 Å². The highest BCUT2D eigenvalue weighted by Crippen LogP contribution is 2.24. The third kappa shape index (κ3) is 7.47. The van der Waals surface area contributed by atoms with Crippen LogP contribution >= 0.6 is 0 Å². The van der Waals surface area contributed by atoms with Crippen molar-refractivity contribution >= 4 is 11.8 Å². The minimum Gasteiger partial charge on any atom is -0.483 e. The molecule has 1 unspecified atom stereocenters. The number of nitrogens with zero attached hydrogens (tertiary/aromatic N) is 1. The van der Waals surface area contributed by atoms with Gasteiger partial charge in [-0.3, -0.25) is 9.59 Å². The zero-order chi connectivity index (χ0) is 26.9. The number of carbonyl (C=O) groups excluding carboxylic acids is 2. The summed E-state index contributed by atoms with van der Waals surface area (Å²) in [6.45, 7) is 6.29. The molecule has 0 spiro atoms. The second-order valence-electron chi connectivity index (χ2n) is 10.5. The predicted molar refractivity (Wildman–Crippen MR) is 152 cm³/mol. The van der Waals surface area contributed by atoms with Gasteiger partial charge in [0.1, 0.15) is 11.8 Å². The van der Waals surface area contributed by atoms with Crippen molar-refractivity contribution in [1.29, 1.82) is 0 Å². The molecule has 1 fully saturated rings. The molecule has 0 radical (unpaired) electrons. The van der Waals surface area contributed by atoms with E-state index in [9.17, 15) is 9.59 Å². The van der Waals surface area contributed by atoms with Crippen molar-refractivity contribution < 1.29 is 14.3 Å². The first-order valence-corrected chi connectivity index (χ1v) is 13.8. The van der Waals surface area contributed by atoms with Gasteiger partial charge in [0, 0.05) is 19.0 Å². The van der Waals surface area contributed by atoms with Gasteiger partial charge in [0.25, 0.3) is 5.91 Å². The first-order valence-electron chi connectivity index (χ1n) is 13.8. The Morgan fingerprint density at radius 1 is 0.895 bits per heavy atom. The van der Waals surface area contributed by atoms with Crippen LogP contribution in [0.2, 0.25) is 0 Å². The third-order valence-corrected chi connectivity index (χ3v) is 7.53. The number of hydrogen-bond acceptors (Lipinski definition) is 3. The Balaban J connectivity index is 1.61. The number of carbonyl (C=O) groups is 2. The first kappa shape index (κ1) is 27.4. The van der Waals surface area contributed by atoms with Gasteiger partial charge in [-0.25, -0.2) is 0 Å². The number of rotatable bonds is 10. The molecule has 5 nitrogen and oxygen atoms in total. The molecule has 1 aliphatic carbocycles. The van der Waals surface area contributed by atoms with E-state index in [-0.39, 0.29) is 24.5 Å². The minimum absolute atomic E-state index is 0.0902. The Kier molecular flexibility index (Phi) is 9.58. The number of hydrogen-bond donors (Lipinski definition) is 1. The van der Waals surface area contributed by atoms with Crippen LogP contribution in [0, 0.1) is 20.8 Å². The van der Waals surface area contributed by atoms with Gasteiger partial charge in [-0.2, -0.15) is 0 Å². The van der Waals surface area contributed by atoms with E-state index in [2.05, 4.69) is 11.4 Å². The molecule has 2 amide bonds. The standard InChI is InChI=1S/C33H40N2O3/c1-24-19-25(2)26(3)31(20-24)38-23-32(36)35(22-28-15-9-5-10-16-28)30(21-27-13-7-4-8-14-27)33(37)34-29-17-11-6-12-18-29/h4-5,7-10,13-16,19-20,29-30H,6,11-12,17-18,21-23H2,1-3H3,(H,34,37). The van der Waals surface area contributed by atoms with Crippen molar-refractivity contribution in [2.24, 2.45) is 0 Å². The molecule has 3 aromatic rings. The average Bonchev–Trinajstić information content (AvgIpc) is 2.93. The maximum atomic E-state index is 13.9. The second-order valence-corrected chi connectivity index (χ2v) is 10.5. The van der Waals surface area contributed by atoms with Crippen LogP contribution in [-0.2, 0) is 22.6 Å². The number of nitrogens with one attached hydrogen (secondary N) is 1. The Bertz CT molecular complexity index is 1200. The molecule has 0 saturated heterocycles. The van der Waals surface area contributed by atoms with E-state index in [4.69, 9.17) is 4.74 Å². The third-order valence-electron chi connectivity index (χ3n) is 7.53. The lowest BCUT2D eigenvalue weighted by Gasteiger charge is -2.33. The minimum atomic E-state index is -0.643. The average molecular weight is 513 g/mol. The molecule has 0 heterocycles. The maximum Gasteiger partial charge on any atom is 0.261 e. The molecule has 3 aromatic carbocycles. The van der Waals surface area contributed by atoms with Crippen molar-refractivity contribution in [3.8, 4) is 5.75 Å². The van der Waals surface area contributed by atoms with Crippen molar-refractivity contribution in [3.63, 3.8) is 0 Å². The maximum absolute atomic E-state index is 13.9. The molecular formula is C33H40N2O3. The predicted octanol–water partition coefficient (Wildman–Crippen LogP) is 6.08. The Morgan fingerprint density at radius 3 is 2.18 bits per heavy atom. The summed E-state index contributed by atoms with van der Waals surface area (Å²) < 4.78 is 6.09. The van der Waals surface area contributed by atoms with E-state index in [1.807, 2.05) is 87.5 Å². The largest absolute Gasteiger partial charge is 0.483 e. The summed E-state index contributed by atoms with van der Waals surface area (Å²) in [5.74, 6) is 0.418. The molecule has 0 aliphatic heterocycles. The summed E-state index contributed by atoms with van der Waals surface area (Å²) in [5.41, 5.74) is 5.24. The summed E-state index contributed by atoms with van der Waals surface area (Å²) in [4.78, 5) is 29.4. The highest BCUT2D eigenvalue weighted by molar-refractivity contribution is 5.88. The molecule has 5 heteroatoms. The van der Waals surface area contributed by atoms with E-state index in [1.165, 1.54) is 6.42 Å². The summed E-state index contributed by atoms with van der Waals surface area (Å²) in [5, 5.41) is 3.28. The van der Waals surface area contributed by atoms with Crippen LogP contribution < -0.4 is 10.1 Å². The van der Waals surface area contributed by atoms with E-state index < -0.39 is 6.04 Å². The van der Waals surface area contributed by atoms with Gasteiger partial charge in [-0.1, -0.05) is 86.0 Å². The van der Waals surface area contributed by atoms with Crippen LogP contribution in [0.4, 0.5) is 0 Å². The molecule has 0 aromatic heterocycles. The van der Waals surface area contributed by atoms with Crippen LogP contribution in [0.3, 0.4) is 0 Å². The number of ether oxygens (including phenoxy) is 1. The van der Waals surface area contributed by atoms with Crippen molar-refractivity contribution in [1.82, 2.24) is 10.2 Å². The first-order chi connectivity index (χ1) is 18.4. The lowest BCUT2D eigenvalue weighted by atomic mass is 9.94. The van der Waals surface area contributed by atoms with Gasteiger partial charge >= 0.3 is 0 Å². The van der Waals surface area contributed by atoms with Crippen LogP contribution in [0.15, 0.2) is 72.8 Å². The van der Waals surface area contributed by atoms with E-state index in [0.717, 1.165) is 53.5 Å². The SMILES string of the molecule is Cc1cc(C)c(C)c(OCC(=O)N(Cc2ccccc2)C(Cc2ccccc2)C(=O)NC2CCCCC2)c1. The van der Waals surface area contributed by atoms with E-state index in [1.54, 1.807) is 4.90 Å². The lowest BCUT2D eigenvalue weighted by molar-refractivity contribution is -0.143.